The molecule has 0 N–H and O–H groups in total. The lowest BCUT2D eigenvalue weighted by Gasteiger charge is -2.03. The van der Waals surface area contributed by atoms with Crippen LogP contribution in [0.5, 0.6) is 5.88 Å². The van der Waals surface area contributed by atoms with Crippen LogP contribution in [-0.4, -0.2) is 24.7 Å². The first-order valence-electron chi connectivity index (χ1n) is 3.82. The van der Waals surface area contributed by atoms with Crippen LogP contribution in [-0.2, 0) is 9.53 Å². The molecule has 0 fully saturated rings. The molecule has 0 saturated carbocycles. The van der Waals surface area contributed by atoms with Gasteiger partial charge in [0.2, 0.25) is 5.88 Å². The molecule has 14 heavy (non-hydrogen) atoms. The van der Waals surface area contributed by atoms with Crippen LogP contribution in [0.15, 0.2) is 18.3 Å². The summed E-state index contributed by atoms with van der Waals surface area (Å²) in [6.45, 7) is -0.248. The fourth-order valence-corrected chi connectivity index (χ4v) is 0.777. The molecule has 0 spiro atoms. The Hall–Kier alpha value is -2.09. The number of methoxy groups -OCH3 is 1. The van der Waals surface area contributed by atoms with Crippen LogP contribution in [0.3, 0.4) is 0 Å². The third-order valence-electron chi connectivity index (χ3n) is 1.45. The number of aromatic nitrogens is 1. The van der Waals surface area contributed by atoms with E-state index in [1.807, 2.05) is 6.07 Å². The van der Waals surface area contributed by atoms with Gasteiger partial charge >= 0.3 is 5.97 Å². The summed E-state index contributed by atoms with van der Waals surface area (Å²) in [5, 5.41) is 8.65. The summed E-state index contributed by atoms with van der Waals surface area (Å²) in [6.07, 6.45) is 1.48. The van der Waals surface area contributed by atoms with E-state index >= 15 is 0 Å². The number of nitrogens with zero attached hydrogens (tertiary/aromatic N) is 2. The van der Waals surface area contributed by atoms with Gasteiger partial charge in [-0.25, -0.2) is 9.78 Å². The highest BCUT2D eigenvalue weighted by atomic mass is 16.6. The van der Waals surface area contributed by atoms with Crippen LogP contribution in [0.4, 0.5) is 0 Å². The average molecular weight is 192 g/mol. The van der Waals surface area contributed by atoms with Crippen LogP contribution in [0.2, 0.25) is 0 Å². The summed E-state index contributed by atoms with van der Waals surface area (Å²) in [7, 11) is 1.26. The Balaban J connectivity index is 2.68. The standard InChI is InChI=1S/C9H8N2O3/c1-13-8(12)6-14-9-7(5-10)3-2-4-11-9/h2-4H,6H2,1H3. The van der Waals surface area contributed by atoms with Crippen LogP contribution in [0.1, 0.15) is 5.56 Å². The second kappa shape index (κ2) is 4.82. The molecule has 5 heteroatoms. The molecule has 0 aliphatic carbocycles. The summed E-state index contributed by atoms with van der Waals surface area (Å²) >= 11 is 0. The second-order valence-electron chi connectivity index (χ2n) is 2.33. The number of hydrogen-bond acceptors (Lipinski definition) is 5. The summed E-state index contributed by atoms with van der Waals surface area (Å²) in [4.78, 5) is 14.5. The number of esters is 1. The van der Waals surface area contributed by atoms with Crippen molar-refractivity contribution in [3.8, 4) is 11.9 Å². The number of ether oxygens (including phenoxy) is 2. The van der Waals surface area contributed by atoms with Crippen molar-refractivity contribution in [2.75, 3.05) is 13.7 Å². The van der Waals surface area contributed by atoms with Crippen molar-refractivity contribution in [3.63, 3.8) is 0 Å². The van der Waals surface area contributed by atoms with Gasteiger partial charge in [-0.05, 0) is 12.1 Å². The van der Waals surface area contributed by atoms with Crippen molar-refractivity contribution >= 4 is 5.97 Å². The van der Waals surface area contributed by atoms with Gasteiger partial charge in [-0.1, -0.05) is 0 Å². The lowest BCUT2D eigenvalue weighted by molar-refractivity contribution is -0.143. The first kappa shape index (κ1) is 9.99. The third kappa shape index (κ3) is 2.45. The smallest absolute Gasteiger partial charge is 0.343 e. The first-order valence-corrected chi connectivity index (χ1v) is 3.82. The van der Waals surface area contributed by atoms with E-state index in [4.69, 9.17) is 10.00 Å². The van der Waals surface area contributed by atoms with Crippen molar-refractivity contribution in [2.45, 2.75) is 0 Å². The van der Waals surface area contributed by atoms with Gasteiger partial charge in [0.25, 0.3) is 0 Å². The van der Waals surface area contributed by atoms with Gasteiger partial charge in [0.15, 0.2) is 6.61 Å². The van der Waals surface area contributed by atoms with E-state index < -0.39 is 5.97 Å². The highest BCUT2D eigenvalue weighted by molar-refractivity contribution is 5.70. The molecule has 0 aromatic carbocycles. The predicted molar refractivity (Wildman–Crippen MR) is 46.5 cm³/mol. The highest BCUT2D eigenvalue weighted by Crippen LogP contribution is 2.11. The molecule has 0 aliphatic heterocycles. The van der Waals surface area contributed by atoms with Crippen molar-refractivity contribution < 1.29 is 14.3 Å². The highest BCUT2D eigenvalue weighted by Gasteiger charge is 2.06. The van der Waals surface area contributed by atoms with Gasteiger partial charge in [0.05, 0.1) is 7.11 Å². The fourth-order valence-electron chi connectivity index (χ4n) is 0.777. The van der Waals surface area contributed by atoms with Gasteiger partial charge in [0, 0.05) is 6.20 Å². The quantitative estimate of drug-likeness (QED) is 0.652. The van der Waals surface area contributed by atoms with Gasteiger partial charge < -0.3 is 9.47 Å². The van der Waals surface area contributed by atoms with Gasteiger partial charge in [-0.3, -0.25) is 0 Å². The maximum atomic E-state index is 10.7. The maximum Gasteiger partial charge on any atom is 0.343 e. The SMILES string of the molecule is COC(=O)COc1ncccc1C#N. The Labute approximate surface area is 80.9 Å². The number of carbonyl (C=O) groups excluding carboxylic acids is 1. The monoisotopic (exact) mass is 192 g/mol. The molecule has 1 aromatic heterocycles. The summed E-state index contributed by atoms with van der Waals surface area (Å²) in [6, 6.07) is 5.07. The van der Waals surface area contributed by atoms with Gasteiger partial charge in [-0.2, -0.15) is 5.26 Å². The molecule has 0 unspecified atom stereocenters. The number of rotatable bonds is 3. The minimum atomic E-state index is -0.514. The molecule has 0 saturated heterocycles. The molecule has 5 nitrogen and oxygen atoms in total. The van der Waals surface area contributed by atoms with E-state index in [1.165, 1.54) is 13.3 Å². The van der Waals surface area contributed by atoms with Crippen LogP contribution in [0, 0.1) is 11.3 Å². The molecule has 1 aromatic rings. The lowest BCUT2D eigenvalue weighted by atomic mass is 10.3. The molecular weight excluding hydrogens is 184 g/mol. The zero-order valence-electron chi connectivity index (χ0n) is 7.56. The zero-order valence-corrected chi connectivity index (χ0v) is 7.56. The van der Waals surface area contributed by atoms with E-state index in [-0.39, 0.29) is 18.1 Å². The van der Waals surface area contributed by atoms with E-state index in [1.54, 1.807) is 12.1 Å². The molecule has 0 radical (unpaired) electrons. The molecule has 1 rings (SSSR count). The predicted octanol–water partition coefficient (Wildman–Crippen LogP) is 0.505. The van der Waals surface area contributed by atoms with E-state index in [0.29, 0.717) is 0 Å². The average Bonchev–Trinajstić information content (AvgIpc) is 2.26. The van der Waals surface area contributed by atoms with Crippen molar-refractivity contribution in [2.24, 2.45) is 0 Å². The normalized spacial score (nSPS) is 8.86. The number of carbonyl (C=O) groups is 1. The zero-order chi connectivity index (χ0) is 10.4. The molecule has 0 aliphatic rings. The van der Waals surface area contributed by atoms with Crippen LogP contribution >= 0.6 is 0 Å². The topological polar surface area (TPSA) is 72.2 Å². The van der Waals surface area contributed by atoms with E-state index in [2.05, 4.69) is 9.72 Å². The first-order chi connectivity index (χ1) is 6.77. The molecule has 0 atom stereocenters. The molecule has 0 bridgehead atoms. The number of nitriles is 1. The molecule has 72 valence electrons. The lowest BCUT2D eigenvalue weighted by Crippen LogP contribution is -2.13. The molecule has 0 amide bonds. The Morgan fingerprint density at radius 3 is 3.14 bits per heavy atom. The molecular formula is C9H8N2O3. The second-order valence-corrected chi connectivity index (χ2v) is 2.33. The third-order valence-corrected chi connectivity index (χ3v) is 1.45. The summed E-state index contributed by atoms with van der Waals surface area (Å²) < 4.78 is 9.34. The fraction of sp³-hybridized carbons (Fsp3) is 0.222. The van der Waals surface area contributed by atoms with E-state index in [0.717, 1.165) is 0 Å². The summed E-state index contributed by atoms with van der Waals surface area (Å²) in [5.74, 6) is -0.375. The minimum absolute atomic E-state index is 0.139. The largest absolute Gasteiger partial charge is 0.466 e. The van der Waals surface area contributed by atoms with Crippen molar-refractivity contribution in [1.29, 1.82) is 5.26 Å². The minimum Gasteiger partial charge on any atom is -0.466 e. The Morgan fingerprint density at radius 1 is 1.71 bits per heavy atom. The van der Waals surface area contributed by atoms with Gasteiger partial charge in [0.1, 0.15) is 11.6 Å². The Morgan fingerprint density at radius 2 is 2.50 bits per heavy atom. The number of hydrogen-bond donors (Lipinski definition) is 0. The van der Waals surface area contributed by atoms with Gasteiger partial charge in [-0.15, -0.1) is 0 Å². The Bertz CT molecular complexity index is 371. The number of pyridine rings is 1. The van der Waals surface area contributed by atoms with Crippen LogP contribution < -0.4 is 4.74 Å². The van der Waals surface area contributed by atoms with E-state index in [9.17, 15) is 4.79 Å². The Kier molecular flexibility index (Phi) is 3.44. The van der Waals surface area contributed by atoms with Crippen molar-refractivity contribution in [1.82, 2.24) is 4.98 Å². The maximum absolute atomic E-state index is 10.7. The van der Waals surface area contributed by atoms with Crippen molar-refractivity contribution in [3.05, 3.63) is 23.9 Å². The van der Waals surface area contributed by atoms with Crippen LogP contribution in [0.25, 0.3) is 0 Å². The molecule has 1 heterocycles. The summed E-state index contributed by atoms with van der Waals surface area (Å²) in [5.41, 5.74) is 0.288.